The fraction of sp³-hybridized carbons (Fsp3) is 0.148. The third-order valence-corrected chi connectivity index (χ3v) is 6.87. The van der Waals surface area contributed by atoms with Crippen molar-refractivity contribution < 1.29 is 14.1 Å². The molecule has 0 saturated heterocycles. The van der Waals surface area contributed by atoms with E-state index in [1.165, 1.54) is 12.3 Å². The molecule has 0 aliphatic rings. The van der Waals surface area contributed by atoms with Crippen LogP contribution in [-0.4, -0.2) is 26.9 Å². The molecule has 0 radical (unpaired) electrons. The molecule has 5 rings (SSSR count). The highest BCUT2D eigenvalue weighted by Crippen LogP contribution is 2.35. The van der Waals surface area contributed by atoms with Gasteiger partial charge in [0.2, 0.25) is 11.6 Å². The van der Waals surface area contributed by atoms with Crippen LogP contribution in [-0.2, 0) is 0 Å². The molecule has 3 aromatic carbocycles. The second kappa shape index (κ2) is 10.5. The number of rotatable bonds is 7. The maximum absolute atomic E-state index is 13.6. The number of hydrogen-bond acceptors (Lipinski definition) is 7. The monoisotopic (exact) mass is 638 g/mol. The topological polar surface area (TPSA) is 113 Å². The highest BCUT2D eigenvalue weighted by Gasteiger charge is 2.23. The van der Waals surface area contributed by atoms with E-state index in [2.05, 4.69) is 41.9 Å². The minimum atomic E-state index is -0.512. The van der Waals surface area contributed by atoms with Crippen LogP contribution in [0.1, 0.15) is 25.8 Å². The molecule has 0 spiro atoms. The molecule has 0 bridgehead atoms. The average Bonchev–Trinajstić information content (AvgIpc) is 3.32. The van der Waals surface area contributed by atoms with Crippen LogP contribution in [0.25, 0.3) is 33.5 Å². The molecule has 5 aromatic rings. The molecule has 11 heteroatoms. The summed E-state index contributed by atoms with van der Waals surface area (Å²) in [5, 5.41) is 17.4. The SMILES string of the molecule is CC[C@H](C)Oc1c(C=Nn2c(-c3cc4cc(Br)ccc4o3)nc3ccccc3c2=O)cc(Br)cc1[N+](=O)[O-]. The van der Waals surface area contributed by atoms with Crippen molar-refractivity contribution in [1.29, 1.82) is 0 Å². The summed E-state index contributed by atoms with van der Waals surface area (Å²) in [7, 11) is 0. The number of nitro groups is 1. The lowest BCUT2D eigenvalue weighted by molar-refractivity contribution is -0.386. The largest absolute Gasteiger partial charge is 0.483 e. The van der Waals surface area contributed by atoms with Crippen molar-refractivity contribution in [1.82, 2.24) is 9.66 Å². The van der Waals surface area contributed by atoms with Crippen molar-refractivity contribution in [2.75, 3.05) is 0 Å². The Labute approximate surface area is 233 Å². The third-order valence-electron chi connectivity index (χ3n) is 5.92. The van der Waals surface area contributed by atoms with Gasteiger partial charge in [-0.2, -0.15) is 9.78 Å². The molecule has 0 N–H and O–H groups in total. The van der Waals surface area contributed by atoms with E-state index in [-0.39, 0.29) is 23.4 Å². The standard InChI is InChI=1S/C27H20Br2N4O5/c1-3-15(2)37-25-17(11-19(29)13-22(25)33(35)36)14-30-32-26(31-21-7-5-4-6-20(21)27(32)34)24-12-16-10-18(28)8-9-23(16)38-24/h4-15H,3H2,1-2H3/t15-/m0/s1. The lowest BCUT2D eigenvalue weighted by Crippen LogP contribution is -2.20. The van der Waals surface area contributed by atoms with Crippen LogP contribution in [0.2, 0.25) is 0 Å². The van der Waals surface area contributed by atoms with E-state index < -0.39 is 10.5 Å². The highest BCUT2D eigenvalue weighted by atomic mass is 79.9. The van der Waals surface area contributed by atoms with Gasteiger partial charge in [0.1, 0.15) is 5.58 Å². The summed E-state index contributed by atoms with van der Waals surface area (Å²) >= 11 is 6.79. The van der Waals surface area contributed by atoms with Crippen LogP contribution in [0.4, 0.5) is 5.69 Å². The molecular weight excluding hydrogens is 620 g/mol. The summed E-state index contributed by atoms with van der Waals surface area (Å²) in [5.74, 6) is 0.591. The van der Waals surface area contributed by atoms with Gasteiger partial charge in [-0.3, -0.25) is 14.9 Å². The summed E-state index contributed by atoms with van der Waals surface area (Å²) in [6, 6.07) is 17.3. The van der Waals surface area contributed by atoms with Crippen LogP contribution in [0, 0.1) is 10.1 Å². The Hall–Kier alpha value is -3.83. The Balaban J connectivity index is 1.73. The normalized spacial score (nSPS) is 12.4. The molecule has 0 aliphatic carbocycles. The molecule has 0 fully saturated rings. The van der Waals surface area contributed by atoms with Crippen LogP contribution >= 0.6 is 31.9 Å². The van der Waals surface area contributed by atoms with Crippen molar-refractivity contribution in [3.8, 4) is 17.3 Å². The van der Waals surface area contributed by atoms with Crippen molar-refractivity contribution in [2.45, 2.75) is 26.4 Å². The van der Waals surface area contributed by atoms with Gasteiger partial charge in [0, 0.05) is 26.0 Å². The second-order valence-electron chi connectivity index (χ2n) is 8.54. The van der Waals surface area contributed by atoms with Gasteiger partial charge < -0.3 is 9.15 Å². The maximum atomic E-state index is 13.6. The predicted molar refractivity (Wildman–Crippen MR) is 153 cm³/mol. The lowest BCUT2D eigenvalue weighted by atomic mass is 10.2. The van der Waals surface area contributed by atoms with Crippen molar-refractivity contribution in [2.24, 2.45) is 5.10 Å². The molecule has 192 valence electrons. The number of furan rings is 1. The van der Waals surface area contributed by atoms with E-state index in [4.69, 9.17) is 9.15 Å². The van der Waals surface area contributed by atoms with Gasteiger partial charge in [0.25, 0.3) is 5.56 Å². The first-order valence-electron chi connectivity index (χ1n) is 11.7. The van der Waals surface area contributed by atoms with Gasteiger partial charge in [0.05, 0.1) is 28.1 Å². The first-order valence-corrected chi connectivity index (χ1v) is 13.2. The number of hydrogen-bond donors (Lipinski definition) is 0. The van der Waals surface area contributed by atoms with E-state index in [0.717, 1.165) is 14.5 Å². The van der Waals surface area contributed by atoms with Gasteiger partial charge >= 0.3 is 5.69 Å². The van der Waals surface area contributed by atoms with E-state index in [1.807, 2.05) is 32.0 Å². The van der Waals surface area contributed by atoms with E-state index in [9.17, 15) is 14.9 Å². The fourth-order valence-electron chi connectivity index (χ4n) is 3.88. The molecule has 2 heterocycles. The van der Waals surface area contributed by atoms with Crippen molar-refractivity contribution in [3.63, 3.8) is 0 Å². The van der Waals surface area contributed by atoms with E-state index in [0.29, 0.717) is 38.7 Å². The number of ether oxygens (including phenoxy) is 1. The van der Waals surface area contributed by atoms with Crippen LogP contribution in [0.15, 0.2) is 83.9 Å². The second-order valence-corrected chi connectivity index (χ2v) is 10.4. The summed E-state index contributed by atoms with van der Waals surface area (Å²) in [5.41, 5.74) is 0.795. The van der Waals surface area contributed by atoms with Gasteiger partial charge in [-0.25, -0.2) is 4.98 Å². The number of nitro benzene ring substituents is 1. The Morgan fingerprint density at radius 1 is 1.16 bits per heavy atom. The lowest BCUT2D eigenvalue weighted by Gasteiger charge is -2.15. The third kappa shape index (κ3) is 4.99. The number of halogens is 2. The molecule has 9 nitrogen and oxygen atoms in total. The molecule has 0 amide bonds. The number of nitrogens with zero attached hydrogens (tertiary/aromatic N) is 4. The van der Waals surface area contributed by atoms with Gasteiger partial charge in [-0.05, 0) is 55.8 Å². The number of fused-ring (bicyclic) bond motifs is 2. The number of benzene rings is 3. The van der Waals surface area contributed by atoms with Crippen LogP contribution < -0.4 is 10.3 Å². The van der Waals surface area contributed by atoms with Gasteiger partial charge in [0.15, 0.2) is 5.76 Å². The first-order chi connectivity index (χ1) is 18.2. The highest BCUT2D eigenvalue weighted by molar-refractivity contribution is 9.10. The zero-order chi connectivity index (χ0) is 27.0. The van der Waals surface area contributed by atoms with E-state index in [1.54, 1.807) is 36.4 Å². The first kappa shape index (κ1) is 25.8. The van der Waals surface area contributed by atoms with Crippen LogP contribution in [0.5, 0.6) is 5.75 Å². The number of para-hydroxylation sites is 1. The van der Waals surface area contributed by atoms with E-state index >= 15 is 0 Å². The molecule has 0 unspecified atom stereocenters. The molecule has 1 atom stereocenters. The van der Waals surface area contributed by atoms with Gasteiger partial charge in [-0.1, -0.05) is 50.9 Å². The summed E-state index contributed by atoms with van der Waals surface area (Å²) in [6.07, 6.45) is 1.72. The Morgan fingerprint density at radius 3 is 2.71 bits per heavy atom. The minimum Gasteiger partial charge on any atom is -0.483 e. The van der Waals surface area contributed by atoms with Gasteiger partial charge in [-0.15, -0.1) is 0 Å². The minimum absolute atomic E-state index is 0.0632. The Bertz CT molecular complexity index is 1790. The molecular formula is C27H20Br2N4O5. The quantitative estimate of drug-likeness (QED) is 0.105. The fourth-order valence-corrected chi connectivity index (χ4v) is 4.72. The summed E-state index contributed by atoms with van der Waals surface area (Å²) in [6.45, 7) is 3.74. The van der Waals surface area contributed by atoms with Crippen molar-refractivity contribution in [3.05, 3.63) is 95.6 Å². The average molecular weight is 640 g/mol. The Morgan fingerprint density at radius 2 is 1.95 bits per heavy atom. The maximum Gasteiger partial charge on any atom is 0.312 e. The summed E-state index contributed by atoms with van der Waals surface area (Å²) < 4.78 is 14.4. The smallest absolute Gasteiger partial charge is 0.312 e. The van der Waals surface area contributed by atoms with Crippen molar-refractivity contribution >= 4 is 65.6 Å². The zero-order valence-corrected chi connectivity index (χ0v) is 23.4. The molecule has 0 aliphatic heterocycles. The van der Waals surface area contributed by atoms with Crippen LogP contribution in [0.3, 0.4) is 0 Å². The predicted octanol–water partition coefficient (Wildman–Crippen LogP) is 7.30. The molecule has 2 aromatic heterocycles. The zero-order valence-electron chi connectivity index (χ0n) is 20.2. The number of aromatic nitrogens is 2. The molecule has 38 heavy (non-hydrogen) atoms. The molecule has 0 saturated carbocycles. The Kier molecular flexibility index (Phi) is 7.13. The summed E-state index contributed by atoms with van der Waals surface area (Å²) in [4.78, 5) is 29.5.